The van der Waals surface area contributed by atoms with E-state index in [0.29, 0.717) is 10.7 Å². The monoisotopic (exact) mass is 442 g/mol. The van der Waals surface area contributed by atoms with Gasteiger partial charge in [-0.1, -0.05) is 37.3 Å². The van der Waals surface area contributed by atoms with E-state index in [1.807, 2.05) is 19.1 Å². The van der Waals surface area contributed by atoms with Crippen LogP contribution in [-0.2, 0) is 21.2 Å². The lowest BCUT2D eigenvalue weighted by Gasteiger charge is -2.12. The van der Waals surface area contributed by atoms with E-state index in [2.05, 4.69) is 11.0 Å². The number of sulfonamides is 1. The first-order valence-electron chi connectivity index (χ1n) is 9.28. The SMILES string of the molecule is C=CCN1C(=O)/C(=C/c2cccc(OC)c2)SC1=NS(=O)(=O)c1ccc(CC)cc1. The van der Waals surface area contributed by atoms with Crippen LogP contribution >= 0.6 is 11.8 Å². The fraction of sp³-hybridized carbons (Fsp3) is 0.182. The van der Waals surface area contributed by atoms with Crippen molar-refractivity contribution in [1.82, 2.24) is 4.90 Å². The molecule has 0 atom stereocenters. The summed E-state index contributed by atoms with van der Waals surface area (Å²) in [5.41, 5.74) is 1.80. The van der Waals surface area contributed by atoms with Crippen LogP contribution in [0.15, 0.2) is 75.4 Å². The van der Waals surface area contributed by atoms with Crippen molar-refractivity contribution in [2.24, 2.45) is 4.40 Å². The Hall–Kier alpha value is -2.84. The molecular formula is C22H22N2O4S2. The minimum Gasteiger partial charge on any atom is -0.497 e. The van der Waals surface area contributed by atoms with Gasteiger partial charge in [-0.25, -0.2) is 0 Å². The number of thioether (sulfide) groups is 1. The molecule has 0 bridgehead atoms. The number of carbonyl (C=O) groups is 1. The third kappa shape index (κ3) is 4.83. The van der Waals surface area contributed by atoms with E-state index in [0.717, 1.165) is 29.3 Å². The van der Waals surface area contributed by atoms with Crippen molar-refractivity contribution in [2.45, 2.75) is 18.2 Å². The number of rotatable bonds is 7. The minimum absolute atomic E-state index is 0.0871. The Labute approximate surface area is 181 Å². The van der Waals surface area contributed by atoms with Crippen LogP contribution in [-0.4, -0.2) is 38.0 Å². The van der Waals surface area contributed by atoms with Crippen molar-refractivity contribution in [2.75, 3.05) is 13.7 Å². The van der Waals surface area contributed by atoms with Crippen molar-refractivity contribution in [3.05, 3.63) is 77.2 Å². The van der Waals surface area contributed by atoms with Gasteiger partial charge in [-0.15, -0.1) is 11.0 Å². The third-order valence-electron chi connectivity index (χ3n) is 4.42. The van der Waals surface area contributed by atoms with Crippen molar-refractivity contribution >= 4 is 38.9 Å². The second-order valence-electron chi connectivity index (χ2n) is 6.44. The second kappa shape index (κ2) is 9.32. The van der Waals surface area contributed by atoms with Crippen LogP contribution in [0.4, 0.5) is 0 Å². The van der Waals surface area contributed by atoms with Crippen molar-refractivity contribution in [1.29, 1.82) is 0 Å². The lowest BCUT2D eigenvalue weighted by atomic mass is 10.2. The predicted molar refractivity (Wildman–Crippen MR) is 121 cm³/mol. The number of benzene rings is 2. The number of hydrogen-bond acceptors (Lipinski definition) is 5. The molecule has 1 aliphatic heterocycles. The van der Waals surface area contributed by atoms with Crippen LogP contribution in [0.25, 0.3) is 6.08 Å². The van der Waals surface area contributed by atoms with Gasteiger partial charge in [0, 0.05) is 6.54 Å². The Morgan fingerprint density at radius 2 is 1.93 bits per heavy atom. The summed E-state index contributed by atoms with van der Waals surface area (Å²) < 4.78 is 34.7. The van der Waals surface area contributed by atoms with E-state index in [1.54, 1.807) is 37.5 Å². The van der Waals surface area contributed by atoms with Gasteiger partial charge in [-0.3, -0.25) is 9.69 Å². The molecule has 1 fully saturated rings. The molecule has 0 spiro atoms. The molecule has 6 nitrogen and oxygen atoms in total. The first-order valence-corrected chi connectivity index (χ1v) is 11.5. The summed E-state index contributed by atoms with van der Waals surface area (Å²) in [6.07, 6.45) is 4.03. The minimum atomic E-state index is -3.96. The zero-order valence-electron chi connectivity index (χ0n) is 16.7. The van der Waals surface area contributed by atoms with Crippen LogP contribution < -0.4 is 4.74 Å². The van der Waals surface area contributed by atoms with Gasteiger partial charge in [0.15, 0.2) is 5.17 Å². The molecule has 1 saturated heterocycles. The summed E-state index contributed by atoms with van der Waals surface area (Å²) in [6, 6.07) is 13.8. The molecule has 2 aromatic carbocycles. The lowest BCUT2D eigenvalue weighted by Crippen LogP contribution is -2.29. The molecule has 30 heavy (non-hydrogen) atoms. The van der Waals surface area contributed by atoms with Crippen LogP contribution in [0, 0.1) is 0 Å². The average molecular weight is 443 g/mol. The molecule has 2 aromatic rings. The Morgan fingerprint density at radius 3 is 2.57 bits per heavy atom. The maximum Gasteiger partial charge on any atom is 0.284 e. The maximum atomic E-state index is 12.9. The molecule has 0 aromatic heterocycles. The van der Waals surface area contributed by atoms with E-state index < -0.39 is 10.0 Å². The summed E-state index contributed by atoms with van der Waals surface area (Å²) >= 11 is 1.02. The van der Waals surface area contributed by atoms with Gasteiger partial charge in [0.25, 0.3) is 15.9 Å². The largest absolute Gasteiger partial charge is 0.497 e. The summed E-state index contributed by atoms with van der Waals surface area (Å²) in [6.45, 7) is 5.81. The molecule has 0 N–H and O–H groups in total. The van der Waals surface area contributed by atoms with E-state index in [9.17, 15) is 13.2 Å². The Balaban J connectivity index is 1.97. The van der Waals surface area contributed by atoms with Crippen molar-refractivity contribution in [3.8, 4) is 5.75 Å². The van der Waals surface area contributed by atoms with E-state index in [4.69, 9.17) is 4.74 Å². The van der Waals surface area contributed by atoms with Gasteiger partial charge < -0.3 is 4.74 Å². The highest BCUT2D eigenvalue weighted by atomic mass is 32.2. The fourth-order valence-corrected chi connectivity index (χ4v) is 4.99. The highest BCUT2D eigenvalue weighted by Crippen LogP contribution is 2.34. The summed E-state index contributed by atoms with van der Waals surface area (Å²) in [5, 5.41) is 0.105. The zero-order valence-corrected chi connectivity index (χ0v) is 18.4. The van der Waals surface area contributed by atoms with Crippen LogP contribution in [0.2, 0.25) is 0 Å². The molecule has 0 aliphatic carbocycles. The van der Waals surface area contributed by atoms with Gasteiger partial charge in [0.05, 0.1) is 16.9 Å². The molecule has 1 amide bonds. The van der Waals surface area contributed by atoms with E-state index in [1.165, 1.54) is 23.1 Å². The average Bonchev–Trinajstić information content (AvgIpc) is 3.02. The summed E-state index contributed by atoms with van der Waals surface area (Å²) in [5.74, 6) is 0.340. The Morgan fingerprint density at radius 1 is 1.20 bits per heavy atom. The number of carbonyl (C=O) groups excluding carboxylic acids is 1. The predicted octanol–water partition coefficient (Wildman–Crippen LogP) is 4.10. The van der Waals surface area contributed by atoms with E-state index >= 15 is 0 Å². The van der Waals surface area contributed by atoms with Crippen LogP contribution in [0.5, 0.6) is 5.75 Å². The molecule has 156 valence electrons. The third-order valence-corrected chi connectivity index (χ3v) is 6.82. The molecule has 8 heteroatoms. The number of methoxy groups -OCH3 is 1. The topological polar surface area (TPSA) is 76.0 Å². The maximum absolute atomic E-state index is 12.9. The Bertz CT molecular complexity index is 1120. The zero-order chi connectivity index (χ0) is 21.7. The number of hydrogen-bond donors (Lipinski definition) is 0. The molecule has 0 unspecified atom stereocenters. The first kappa shape index (κ1) is 21.9. The van der Waals surface area contributed by atoms with Crippen LogP contribution in [0.3, 0.4) is 0 Å². The first-order chi connectivity index (χ1) is 14.4. The number of nitrogens with zero attached hydrogens (tertiary/aromatic N) is 2. The van der Waals surface area contributed by atoms with Gasteiger partial charge in [0.2, 0.25) is 0 Å². The van der Waals surface area contributed by atoms with Gasteiger partial charge in [-0.2, -0.15) is 8.42 Å². The number of amidine groups is 1. The molecular weight excluding hydrogens is 420 g/mol. The van der Waals surface area contributed by atoms with Gasteiger partial charge in [-0.05, 0) is 59.7 Å². The molecule has 0 radical (unpaired) electrons. The van der Waals surface area contributed by atoms with Crippen LogP contribution in [0.1, 0.15) is 18.1 Å². The summed E-state index contributed by atoms with van der Waals surface area (Å²) in [4.78, 5) is 14.6. The van der Waals surface area contributed by atoms with Crippen molar-refractivity contribution < 1.29 is 17.9 Å². The summed E-state index contributed by atoms with van der Waals surface area (Å²) in [7, 11) is -2.39. The van der Waals surface area contributed by atoms with Gasteiger partial charge in [0.1, 0.15) is 5.75 Å². The highest BCUT2D eigenvalue weighted by Gasteiger charge is 2.34. The standard InChI is InChI=1S/C22H22N2O4S2/c1-4-13-24-21(25)20(15-17-7-6-8-18(14-17)28-3)29-22(24)23-30(26,27)19-11-9-16(5-2)10-12-19/h4,6-12,14-15H,1,5,13H2,2-3H3/b20-15-,23-22?. The molecule has 1 aliphatic rings. The highest BCUT2D eigenvalue weighted by molar-refractivity contribution is 8.19. The Kier molecular flexibility index (Phi) is 6.79. The second-order valence-corrected chi connectivity index (χ2v) is 9.05. The number of ether oxygens (including phenoxy) is 1. The van der Waals surface area contributed by atoms with E-state index in [-0.39, 0.29) is 22.5 Å². The quantitative estimate of drug-likeness (QED) is 0.477. The fourth-order valence-electron chi connectivity index (χ4n) is 2.80. The number of aryl methyl sites for hydroxylation is 1. The molecule has 3 rings (SSSR count). The normalized spacial score (nSPS) is 17.0. The van der Waals surface area contributed by atoms with Gasteiger partial charge >= 0.3 is 0 Å². The van der Waals surface area contributed by atoms with Crippen molar-refractivity contribution in [3.63, 3.8) is 0 Å². The lowest BCUT2D eigenvalue weighted by molar-refractivity contribution is -0.121. The smallest absolute Gasteiger partial charge is 0.284 e. The molecule has 0 saturated carbocycles. The molecule has 1 heterocycles. The number of amides is 1.